The number of amides is 2. The molecular formula is C26H22ClN3O2. The Hall–Kier alpha value is -3.83. The Morgan fingerprint density at radius 1 is 0.875 bits per heavy atom. The quantitative estimate of drug-likeness (QED) is 0.332. The Morgan fingerprint density at radius 3 is 2.25 bits per heavy atom. The molecular weight excluding hydrogens is 422 g/mol. The van der Waals surface area contributed by atoms with Gasteiger partial charge in [0.25, 0.3) is 0 Å². The summed E-state index contributed by atoms with van der Waals surface area (Å²) in [5, 5.41) is 16.2. The Balaban J connectivity index is 1.78. The topological polar surface area (TPSA) is 74.2 Å². The fourth-order valence-electron chi connectivity index (χ4n) is 3.72. The second-order valence-electron chi connectivity index (χ2n) is 7.36. The fraction of sp³-hybridized carbons (Fsp3) is 0.0769. The van der Waals surface area contributed by atoms with Crippen molar-refractivity contribution in [2.24, 2.45) is 0 Å². The van der Waals surface area contributed by atoms with Gasteiger partial charge in [0, 0.05) is 12.6 Å². The van der Waals surface area contributed by atoms with Gasteiger partial charge >= 0.3 is 6.03 Å². The maximum Gasteiger partial charge on any atom is 0.320 e. The van der Waals surface area contributed by atoms with Crippen molar-refractivity contribution in [3.8, 4) is 5.75 Å². The lowest BCUT2D eigenvalue weighted by atomic mass is 9.80. The summed E-state index contributed by atoms with van der Waals surface area (Å²) in [6, 6.07) is 29.6. The summed E-state index contributed by atoms with van der Waals surface area (Å²) in [5.41, 5.74) is 1.88. The van der Waals surface area contributed by atoms with Gasteiger partial charge in [-0.3, -0.25) is 4.98 Å². The van der Waals surface area contributed by atoms with Crippen LogP contribution in [0, 0.1) is 0 Å². The van der Waals surface area contributed by atoms with Gasteiger partial charge in [0.05, 0.1) is 16.4 Å². The van der Waals surface area contributed by atoms with Crippen LogP contribution in [0.1, 0.15) is 16.8 Å². The third kappa shape index (κ3) is 4.58. The Bertz CT molecular complexity index is 1150. The number of hydrogen-bond donors (Lipinski definition) is 3. The van der Waals surface area contributed by atoms with Crippen LogP contribution >= 0.6 is 11.6 Å². The number of phenolic OH excluding ortho intramolecular Hbond substituents is 1. The first-order valence-electron chi connectivity index (χ1n) is 10.2. The monoisotopic (exact) mass is 443 g/mol. The summed E-state index contributed by atoms with van der Waals surface area (Å²) in [7, 11) is 0. The van der Waals surface area contributed by atoms with Gasteiger partial charge in [0.15, 0.2) is 5.75 Å². The van der Waals surface area contributed by atoms with E-state index >= 15 is 0 Å². The van der Waals surface area contributed by atoms with Gasteiger partial charge in [-0.2, -0.15) is 0 Å². The van der Waals surface area contributed by atoms with Crippen molar-refractivity contribution >= 4 is 23.3 Å². The van der Waals surface area contributed by atoms with E-state index in [9.17, 15) is 9.90 Å². The van der Waals surface area contributed by atoms with Crippen molar-refractivity contribution in [1.29, 1.82) is 0 Å². The molecule has 4 rings (SSSR count). The maximum absolute atomic E-state index is 13.2. The Morgan fingerprint density at radius 2 is 1.56 bits per heavy atom. The summed E-state index contributed by atoms with van der Waals surface area (Å²) >= 11 is 6.00. The highest BCUT2D eigenvalue weighted by molar-refractivity contribution is 6.32. The number of phenols is 1. The average molecular weight is 444 g/mol. The number of rotatable bonds is 6. The molecule has 160 valence electrons. The summed E-state index contributed by atoms with van der Waals surface area (Å²) in [5.74, 6) is -0.185. The number of anilines is 1. The molecule has 0 saturated heterocycles. The van der Waals surface area contributed by atoms with E-state index in [1.165, 1.54) is 0 Å². The van der Waals surface area contributed by atoms with Crippen molar-refractivity contribution in [2.45, 2.75) is 12.0 Å². The molecule has 0 saturated carbocycles. The molecule has 0 fully saturated rings. The largest absolute Gasteiger partial charge is 0.504 e. The van der Waals surface area contributed by atoms with E-state index in [1.54, 1.807) is 24.4 Å². The zero-order chi connectivity index (χ0) is 22.4. The number of aromatic nitrogens is 1. The highest BCUT2D eigenvalue weighted by Gasteiger charge is 2.37. The number of aromatic hydroxyl groups is 1. The lowest BCUT2D eigenvalue weighted by molar-refractivity contribution is 0.241. The zero-order valence-corrected chi connectivity index (χ0v) is 18.0. The van der Waals surface area contributed by atoms with Crippen LogP contribution in [0.2, 0.25) is 5.02 Å². The molecule has 0 bridgehead atoms. The number of pyridine rings is 1. The second-order valence-corrected chi connectivity index (χ2v) is 7.77. The summed E-state index contributed by atoms with van der Waals surface area (Å²) < 4.78 is 0. The number of halogens is 1. The molecule has 1 unspecified atom stereocenters. The average Bonchev–Trinajstić information content (AvgIpc) is 2.83. The van der Waals surface area contributed by atoms with Crippen molar-refractivity contribution in [3.05, 3.63) is 125 Å². The number of para-hydroxylation sites is 1. The molecule has 4 aromatic rings. The third-order valence-corrected chi connectivity index (χ3v) is 5.55. The maximum atomic E-state index is 13.2. The van der Waals surface area contributed by atoms with Crippen LogP contribution in [0.15, 0.2) is 103 Å². The molecule has 0 radical (unpaired) electrons. The van der Waals surface area contributed by atoms with E-state index in [0.717, 1.165) is 11.1 Å². The van der Waals surface area contributed by atoms with Crippen LogP contribution in [-0.2, 0) is 12.0 Å². The molecule has 1 aromatic heterocycles. The Labute approximate surface area is 191 Å². The molecule has 5 nitrogen and oxygen atoms in total. The third-order valence-electron chi connectivity index (χ3n) is 5.24. The van der Waals surface area contributed by atoms with Crippen molar-refractivity contribution in [3.63, 3.8) is 0 Å². The van der Waals surface area contributed by atoms with Gasteiger partial charge in [0.2, 0.25) is 0 Å². The molecule has 0 spiro atoms. The number of benzene rings is 3. The normalized spacial score (nSPS) is 12.5. The predicted octanol–water partition coefficient (Wildman–Crippen LogP) is 5.75. The highest BCUT2D eigenvalue weighted by atomic mass is 35.5. The molecule has 6 heteroatoms. The molecule has 0 aliphatic rings. The van der Waals surface area contributed by atoms with Gasteiger partial charge in [-0.15, -0.1) is 0 Å². The van der Waals surface area contributed by atoms with Gasteiger partial charge in [-0.25, -0.2) is 4.79 Å². The van der Waals surface area contributed by atoms with Crippen LogP contribution in [0.5, 0.6) is 5.75 Å². The number of urea groups is 1. The molecule has 3 aromatic carbocycles. The summed E-state index contributed by atoms with van der Waals surface area (Å²) in [6.45, 7) is 0. The summed E-state index contributed by atoms with van der Waals surface area (Å²) in [4.78, 5) is 17.8. The number of carbonyl (C=O) groups is 1. The molecule has 2 amide bonds. The van der Waals surface area contributed by atoms with Gasteiger partial charge < -0.3 is 15.7 Å². The minimum Gasteiger partial charge on any atom is -0.504 e. The van der Waals surface area contributed by atoms with Gasteiger partial charge in [-0.1, -0.05) is 84.4 Å². The van der Waals surface area contributed by atoms with Crippen LogP contribution in [-0.4, -0.2) is 16.1 Å². The summed E-state index contributed by atoms with van der Waals surface area (Å²) in [6.07, 6.45) is 2.18. The molecule has 1 atom stereocenters. The van der Waals surface area contributed by atoms with Crippen molar-refractivity contribution < 1.29 is 9.90 Å². The van der Waals surface area contributed by atoms with E-state index in [4.69, 9.17) is 11.6 Å². The molecule has 0 aliphatic heterocycles. The second kappa shape index (κ2) is 9.54. The van der Waals surface area contributed by atoms with Crippen LogP contribution in [0.4, 0.5) is 10.5 Å². The van der Waals surface area contributed by atoms with E-state index in [-0.39, 0.29) is 16.5 Å². The predicted molar refractivity (Wildman–Crippen MR) is 127 cm³/mol. The first-order chi connectivity index (χ1) is 15.6. The van der Waals surface area contributed by atoms with Crippen molar-refractivity contribution in [1.82, 2.24) is 10.3 Å². The van der Waals surface area contributed by atoms with E-state index < -0.39 is 11.6 Å². The van der Waals surface area contributed by atoms with Crippen molar-refractivity contribution in [2.75, 3.05) is 5.32 Å². The lowest BCUT2D eigenvalue weighted by Crippen LogP contribution is -2.50. The molecule has 0 aliphatic carbocycles. The number of nitrogens with zero attached hydrogens (tertiary/aromatic N) is 1. The standard InChI is InChI=1S/C26H22ClN3O2/c27-21-14-9-15-22(24(21)31)29-25(32)30-26(20-12-5-2-6-13-20,23-16-7-8-17-28-23)18-19-10-3-1-4-11-19/h1-17,31H,18H2,(H2,29,30,32). The van der Waals surface area contributed by atoms with E-state index in [1.807, 2.05) is 78.9 Å². The molecule has 1 heterocycles. The minimum atomic E-state index is -0.956. The molecule has 3 N–H and O–H groups in total. The Kier molecular flexibility index (Phi) is 6.38. The van der Waals surface area contributed by atoms with Gasteiger partial charge in [-0.05, 0) is 35.4 Å². The first-order valence-corrected chi connectivity index (χ1v) is 10.5. The van der Waals surface area contributed by atoms with Crippen LogP contribution in [0.3, 0.4) is 0 Å². The van der Waals surface area contributed by atoms with Gasteiger partial charge in [0.1, 0.15) is 5.54 Å². The van der Waals surface area contributed by atoms with E-state index in [0.29, 0.717) is 12.1 Å². The smallest absolute Gasteiger partial charge is 0.320 e. The first kappa shape index (κ1) is 21.4. The number of hydrogen-bond acceptors (Lipinski definition) is 3. The molecule has 32 heavy (non-hydrogen) atoms. The van der Waals surface area contributed by atoms with E-state index in [2.05, 4.69) is 15.6 Å². The van der Waals surface area contributed by atoms with Crippen LogP contribution < -0.4 is 10.6 Å². The highest BCUT2D eigenvalue weighted by Crippen LogP contribution is 2.34. The zero-order valence-electron chi connectivity index (χ0n) is 17.2. The lowest BCUT2D eigenvalue weighted by Gasteiger charge is -2.35. The fourth-order valence-corrected chi connectivity index (χ4v) is 3.90. The number of carbonyl (C=O) groups excluding carboxylic acids is 1. The van der Waals surface area contributed by atoms with Crippen LogP contribution in [0.25, 0.3) is 0 Å². The number of nitrogens with one attached hydrogen (secondary N) is 2. The minimum absolute atomic E-state index is 0.158. The SMILES string of the molecule is O=C(Nc1cccc(Cl)c1O)NC(Cc1ccccc1)(c1ccccc1)c1ccccn1.